The van der Waals surface area contributed by atoms with Crippen LogP contribution in [-0.4, -0.2) is 19.1 Å². The van der Waals surface area contributed by atoms with E-state index in [9.17, 15) is 0 Å². The van der Waals surface area contributed by atoms with Crippen LogP contribution in [-0.2, 0) is 6.42 Å². The Morgan fingerprint density at radius 1 is 0.464 bits per heavy atom. The van der Waals surface area contributed by atoms with Gasteiger partial charge in [-0.1, -0.05) is 140 Å². The van der Waals surface area contributed by atoms with Crippen LogP contribution in [0, 0.1) is 0 Å². The van der Waals surface area contributed by atoms with E-state index in [-0.39, 0.29) is 5.92 Å². The van der Waals surface area contributed by atoms with Gasteiger partial charge < -0.3 is 4.57 Å². The van der Waals surface area contributed by atoms with Crippen LogP contribution in [0.4, 0.5) is 0 Å². The summed E-state index contributed by atoms with van der Waals surface area (Å²) in [5.41, 5.74) is 11.5. The van der Waals surface area contributed by atoms with Crippen LogP contribution >= 0.6 is 0 Å². The molecule has 8 aromatic carbocycles. The predicted molar refractivity (Wildman–Crippen MR) is 233 cm³/mol. The molecule has 0 amide bonds. The topological polar surface area (TPSA) is 35.6 Å². The van der Waals surface area contributed by atoms with Gasteiger partial charge in [-0.15, -0.1) is 0 Å². The first kappa shape index (κ1) is 31.1. The zero-order valence-corrected chi connectivity index (χ0v) is 30.5. The van der Waals surface area contributed by atoms with Gasteiger partial charge in [-0.3, -0.25) is 4.57 Å². The Balaban J connectivity index is 1.04. The van der Waals surface area contributed by atoms with Crippen LogP contribution in [0.1, 0.15) is 22.7 Å². The number of fused-ring (bicyclic) bond motifs is 9. The Morgan fingerprint density at radius 2 is 1.16 bits per heavy atom. The molecule has 0 N–H and O–H groups in total. The van der Waals surface area contributed by atoms with E-state index in [4.69, 9.17) is 9.97 Å². The van der Waals surface area contributed by atoms with Gasteiger partial charge in [-0.25, -0.2) is 9.97 Å². The zero-order chi connectivity index (χ0) is 36.7. The summed E-state index contributed by atoms with van der Waals surface area (Å²) in [6, 6.07) is 63.4. The first-order valence-electron chi connectivity index (χ1n) is 19.3. The van der Waals surface area contributed by atoms with Crippen LogP contribution in [0.3, 0.4) is 0 Å². The second kappa shape index (κ2) is 12.1. The minimum atomic E-state index is 0.168. The maximum absolute atomic E-state index is 5.40. The second-order valence-electron chi connectivity index (χ2n) is 15.0. The highest BCUT2D eigenvalue weighted by molar-refractivity contribution is 6.10. The molecule has 1 aliphatic carbocycles. The van der Waals surface area contributed by atoms with E-state index in [1.807, 2.05) is 0 Å². The summed E-state index contributed by atoms with van der Waals surface area (Å²) < 4.78 is 4.76. The quantitative estimate of drug-likeness (QED) is 0.182. The lowest BCUT2D eigenvalue weighted by Gasteiger charge is -2.21. The Kier molecular flexibility index (Phi) is 6.72. The number of para-hydroxylation sites is 2. The molecule has 4 heteroatoms. The lowest BCUT2D eigenvalue weighted by atomic mass is 9.87. The molecule has 0 spiro atoms. The summed E-state index contributed by atoms with van der Waals surface area (Å²) in [5, 5.41) is 9.72. The van der Waals surface area contributed by atoms with Crippen molar-refractivity contribution in [1.29, 1.82) is 0 Å². The van der Waals surface area contributed by atoms with Gasteiger partial charge in [0, 0.05) is 50.0 Å². The zero-order valence-electron chi connectivity index (χ0n) is 30.5. The molecule has 4 nitrogen and oxygen atoms in total. The summed E-state index contributed by atoms with van der Waals surface area (Å²) in [6.45, 7) is 0. The van der Waals surface area contributed by atoms with Crippen LogP contribution in [0.15, 0.2) is 182 Å². The minimum Gasteiger partial charge on any atom is -0.309 e. The Bertz CT molecular complexity index is 3400. The van der Waals surface area contributed by atoms with E-state index in [0.29, 0.717) is 5.95 Å². The number of rotatable bonds is 4. The fraction of sp³-hybridized carbons (Fsp3) is 0.0385. The van der Waals surface area contributed by atoms with E-state index in [1.54, 1.807) is 0 Å². The molecule has 1 unspecified atom stereocenters. The van der Waals surface area contributed by atoms with Gasteiger partial charge in [0.1, 0.15) is 0 Å². The third kappa shape index (κ3) is 4.72. The average Bonchev–Trinajstić information content (AvgIpc) is 3.76. The van der Waals surface area contributed by atoms with E-state index < -0.39 is 0 Å². The van der Waals surface area contributed by atoms with Gasteiger partial charge >= 0.3 is 0 Å². The van der Waals surface area contributed by atoms with Gasteiger partial charge in [0.25, 0.3) is 0 Å². The molecule has 3 heterocycles. The third-order valence-electron chi connectivity index (χ3n) is 11.8. The van der Waals surface area contributed by atoms with E-state index in [2.05, 4.69) is 197 Å². The maximum atomic E-state index is 5.40. The van der Waals surface area contributed by atoms with Gasteiger partial charge in [-0.2, -0.15) is 0 Å². The van der Waals surface area contributed by atoms with Crippen molar-refractivity contribution in [3.05, 3.63) is 199 Å². The SMILES string of the molecule is C1=CC(c2ccc3c(c2)c2ccccc2n3-c2ccc3ccccc3c2)Cc2c1c1cc3ccccc3cc1n2-c1nc(-c2ccccc2)c2ccccc2n1. The molecule has 1 atom stereocenters. The summed E-state index contributed by atoms with van der Waals surface area (Å²) in [5.74, 6) is 0.869. The van der Waals surface area contributed by atoms with Gasteiger partial charge in [0.2, 0.25) is 5.95 Å². The van der Waals surface area contributed by atoms with Crippen LogP contribution in [0.5, 0.6) is 0 Å². The molecule has 0 saturated carbocycles. The molecule has 0 radical (unpaired) electrons. The smallest absolute Gasteiger partial charge is 0.235 e. The van der Waals surface area contributed by atoms with Crippen molar-refractivity contribution >= 4 is 71.2 Å². The summed E-state index contributed by atoms with van der Waals surface area (Å²) >= 11 is 0. The molecular formula is C52H34N4. The van der Waals surface area contributed by atoms with Crippen molar-refractivity contribution < 1.29 is 0 Å². The lowest BCUT2D eigenvalue weighted by molar-refractivity contribution is 0.771. The fourth-order valence-corrected chi connectivity index (χ4v) is 9.18. The fourth-order valence-electron chi connectivity index (χ4n) is 9.18. The molecule has 0 bridgehead atoms. The van der Waals surface area contributed by atoms with Crippen molar-refractivity contribution in [1.82, 2.24) is 19.1 Å². The first-order chi connectivity index (χ1) is 27.7. The molecule has 1 aliphatic rings. The molecule has 12 rings (SSSR count). The maximum Gasteiger partial charge on any atom is 0.235 e. The number of nitrogens with zero attached hydrogens (tertiary/aromatic N) is 4. The third-order valence-corrected chi connectivity index (χ3v) is 11.8. The normalized spacial score (nSPS) is 14.1. The number of hydrogen-bond donors (Lipinski definition) is 0. The Morgan fingerprint density at radius 3 is 2.02 bits per heavy atom. The Hall–Kier alpha value is -7.30. The summed E-state index contributed by atoms with van der Waals surface area (Å²) in [7, 11) is 0. The number of benzene rings is 8. The lowest BCUT2D eigenvalue weighted by Crippen LogP contribution is -2.12. The highest BCUT2D eigenvalue weighted by Gasteiger charge is 2.27. The van der Waals surface area contributed by atoms with Crippen molar-refractivity contribution in [2.45, 2.75) is 12.3 Å². The predicted octanol–water partition coefficient (Wildman–Crippen LogP) is 13.0. The molecule has 3 aromatic heterocycles. The molecule has 0 fully saturated rings. The van der Waals surface area contributed by atoms with Gasteiger partial charge in [0.15, 0.2) is 0 Å². The second-order valence-corrected chi connectivity index (χ2v) is 15.0. The average molecular weight is 715 g/mol. The van der Waals surface area contributed by atoms with Crippen molar-refractivity contribution in [3.63, 3.8) is 0 Å². The summed E-state index contributed by atoms with van der Waals surface area (Å²) in [4.78, 5) is 10.7. The van der Waals surface area contributed by atoms with E-state index in [1.165, 1.54) is 71.2 Å². The molecule has 56 heavy (non-hydrogen) atoms. The minimum absolute atomic E-state index is 0.168. The molecular weight excluding hydrogens is 681 g/mol. The van der Waals surface area contributed by atoms with Crippen LogP contribution < -0.4 is 0 Å². The number of allylic oxidation sites excluding steroid dienone is 1. The van der Waals surface area contributed by atoms with Gasteiger partial charge in [-0.05, 0) is 82.1 Å². The van der Waals surface area contributed by atoms with Crippen LogP contribution in [0.2, 0.25) is 0 Å². The van der Waals surface area contributed by atoms with Crippen molar-refractivity contribution in [2.24, 2.45) is 0 Å². The highest BCUT2D eigenvalue weighted by atomic mass is 15.2. The number of aromatic nitrogens is 4. The van der Waals surface area contributed by atoms with Crippen molar-refractivity contribution in [2.75, 3.05) is 0 Å². The molecule has 0 saturated heterocycles. The molecule has 0 aliphatic heterocycles. The standard InChI is InChI=1S/C52H34N4/c1-2-13-34(14-3-1)51-43-19-8-10-20-46(43)53-52(54-51)56-49-32-39(23-26-42(49)45-29-36-16-6-7-17-37(36)31-50(45)56)38-24-27-48-44(30-38)41-18-9-11-21-47(41)55(48)40-25-22-33-12-4-5-15-35(33)28-40/h1-31,39H,32H2. The van der Waals surface area contributed by atoms with Crippen molar-refractivity contribution in [3.8, 4) is 22.9 Å². The molecule has 262 valence electrons. The monoisotopic (exact) mass is 714 g/mol. The summed E-state index contributed by atoms with van der Waals surface area (Å²) in [6.07, 6.45) is 5.57. The Labute approximate surface area is 323 Å². The first-order valence-corrected chi connectivity index (χ1v) is 19.3. The van der Waals surface area contributed by atoms with Gasteiger partial charge in [0.05, 0.1) is 27.8 Å². The van der Waals surface area contributed by atoms with Crippen LogP contribution in [0.25, 0.3) is 94.1 Å². The van der Waals surface area contributed by atoms with E-state index >= 15 is 0 Å². The van der Waals surface area contributed by atoms with E-state index in [0.717, 1.165) is 34.1 Å². The number of hydrogen-bond acceptors (Lipinski definition) is 2. The largest absolute Gasteiger partial charge is 0.309 e. The highest BCUT2D eigenvalue weighted by Crippen LogP contribution is 2.42. The molecule has 11 aromatic rings.